The number of nitrogens with zero attached hydrogens (tertiary/aromatic N) is 2. The van der Waals surface area contributed by atoms with Crippen LogP contribution in [0.15, 0.2) is 61.2 Å². The van der Waals surface area contributed by atoms with Gasteiger partial charge in [0.15, 0.2) is 0 Å². The predicted octanol–water partition coefficient (Wildman–Crippen LogP) is 5.38. The van der Waals surface area contributed by atoms with Gasteiger partial charge in [-0.15, -0.1) is 0 Å². The minimum atomic E-state index is -4.63. The van der Waals surface area contributed by atoms with Crippen LogP contribution in [0.3, 0.4) is 0 Å². The third-order valence-corrected chi connectivity index (χ3v) is 10.9. The Balaban J connectivity index is 1.44. The van der Waals surface area contributed by atoms with Gasteiger partial charge in [0, 0.05) is 55.4 Å². The molecule has 0 aliphatic heterocycles. The highest BCUT2D eigenvalue weighted by atomic mass is 19.4. The minimum absolute atomic E-state index is 0.0344. The Hall–Kier alpha value is -5.21. The molecule has 2 unspecified atom stereocenters. The molecule has 5 N–H and O–H groups in total. The summed E-state index contributed by atoms with van der Waals surface area (Å²) in [5, 5.41) is 12.0. The maximum absolute atomic E-state index is 14.7. The first-order chi connectivity index (χ1) is 26.2. The van der Waals surface area contributed by atoms with Gasteiger partial charge < -0.3 is 30.8 Å². The van der Waals surface area contributed by atoms with Crippen LogP contribution in [0, 0.1) is 17.7 Å². The van der Waals surface area contributed by atoms with Crippen LogP contribution in [0.25, 0.3) is 10.9 Å². The largest absolute Gasteiger partial charge is 0.418 e. The van der Waals surface area contributed by atoms with E-state index in [1.165, 1.54) is 24.3 Å². The molecule has 296 valence electrons. The maximum atomic E-state index is 14.7. The van der Waals surface area contributed by atoms with Crippen LogP contribution in [0.4, 0.5) is 17.6 Å². The first-order valence-corrected chi connectivity index (χ1v) is 18.7. The van der Waals surface area contributed by atoms with E-state index in [0.29, 0.717) is 30.6 Å². The van der Waals surface area contributed by atoms with E-state index in [4.69, 9.17) is 0 Å². The average Bonchev–Trinajstić information content (AvgIpc) is 3.82. The second-order valence-electron chi connectivity index (χ2n) is 14.6. The van der Waals surface area contributed by atoms with Crippen molar-refractivity contribution >= 4 is 34.5 Å². The second-order valence-corrected chi connectivity index (χ2v) is 14.6. The molecule has 0 radical (unpaired) electrons. The number of carbonyl (C=O) groups is 4. The Morgan fingerprint density at radius 3 is 2.40 bits per heavy atom. The van der Waals surface area contributed by atoms with E-state index >= 15 is 0 Å². The summed E-state index contributed by atoms with van der Waals surface area (Å²) in [5.74, 6) is -3.12. The lowest BCUT2D eigenvalue weighted by Gasteiger charge is -2.40. The summed E-state index contributed by atoms with van der Waals surface area (Å²) in [6.45, 7) is 8.00. The van der Waals surface area contributed by atoms with Crippen LogP contribution in [-0.2, 0) is 51.2 Å². The molecular formula is C40H49F4N7O4. The van der Waals surface area contributed by atoms with Crippen molar-refractivity contribution in [3.8, 4) is 0 Å². The molecule has 5 rings (SSSR count). The number of imidazole rings is 1. The lowest BCUT2D eigenvalue weighted by atomic mass is 9.78. The molecule has 0 spiro atoms. The van der Waals surface area contributed by atoms with Gasteiger partial charge >= 0.3 is 6.18 Å². The molecule has 2 aromatic heterocycles. The van der Waals surface area contributed by atoms with E-state index in [1.54, 1.807) is 42.3 Å². The summed E-state index contributed by atoms with van der Waals surface area (Å²) >= 11 is 0. The Kier molecular flexibility index (Phi) is 13.0. The third-order valence-electron chi connectivity index (χ3n) is 10.9. The molecule has 11 nitrogen and oxygen atoms in total. The molecule has 0 saturated carbocycles. The summed E-state index contributed by atoms with van der Waals surface area (Å²) in [6.07, 6.45) is 1.36. The minimum Gasteiger partial charge on any atom is -0.358 e. The number of alkyl halides is 3. The van der Waals surface area contributed by atoms with Crippen molar-refractivity contribution in [2.75, 3.05) is 6.54 Å². The Morgan fingerprint density at radius 2 is 1.73 bits per heavy atom. The topological polar surface area (TPSA) is 150 Å². The van der Waals surface area contributed by atoms with Crippen LogP contribution < -0.4 is 21.3 Å². The van der Waals surface area contributed by atoms with Crippen molar-refractivity contribution in [2.45, 2.75) is 103 Å². The molecule has 15 heteroatoms. The number of para-hydroxylation sites is 1. The number of carbonyl (C=O) groups excluding carboxylic acids is 4. The fraction of sp³-hybridized carbons (Fsp3) is 0.475. The highest BCUT2D eigenvalue weighted by Crippen LogP contribution is 2.40. The van der Waals surface area contributed by atoms with Gasteiger partial charge in [-0.05, 0) is 47.9 Å². The quantitative estimate of drug-likeness (QED) is 0.0972. The van der Waals surface area contributed by atoms with Gasteiger partial charge in [-0.3, -0.25) is 19.2 Å². The first-order valence-electron chi connectivity index (χ1n) is 18.7. The molecule has 0 bridgehead atoms. The summed E-state index contributed by atoms with van der Waals surface area (Å²) < 4.78 is 58.4. The van der Waals surface area contributed by atoms with Gasteiger partial charge in [-0.25, -0.2) is 9.37 Å². The number of amides is 4. The SMILES string of the molecule is CCC(C)[C@H](NC(=O)Cc1ccccc1F)C(=O)N[C@]1(C(=O)NC(CNC(=O)CCn2ccnc2)[C@@H](C)CC)CCc2[nH]c3c(C(F)(F)F)cccc3c2C1. The zero-order chi connectivity index (χ0) is 39.9. The van der Waals surface area contributed by atoms with Crippen LogP contribution in [-0.4, -0.2) is 62.3 Å². The summed E-state index contributed by atoms with van der Waals surface area (Å²) in [5.41, 5.74) is -1.43. The standard InChI is InChI=1S/C40H49F4N7O4/c1-5-24(3)32(22-46-33(52)15-18-51-19-17-45-23-51)48-38(55)39(16-14-31-28(21-39)27-11-9-12-29(36(27)47-31)40(42,43)44)50-37(54)35(25(4)6-2)49-34(53)20-26-10-7-8-13-30(26)41/h7-13,17,19,23-25,32,35,47H,5-6,14-16,18,20-22H2,1-4H3,(H,46,52)(H,48,55)(H,49,53)(H,50,54)/t24-,25?,32?,35-,39+/m0/s1. The maximum Gasteiger partial charge on any atom is 0.418 e. The van der Waals surface area contributed by atoms with Gasteiger partial charge in [0.2, 0.25) is 23.6 Å². The summed E-state index contributed by atoms with van der Waals surface area (Å²) in [4.78, 5) is 62.0. The molecule has 1 aliphatic rings. The number of halogens is 4. The second kappa shape index (κ2) is 17.5. The number of hydrogen-bond acceptors (Lipinski definition) is 5. The lowest BCUT2D eigenvalue weighted by Crippen LogP contribution is -2.66. The highest BCUT2D eigenvalue weighted by molar-refractivity contribution is 5.97. The number of fused-ring (bicyclic) bond motifs is 3. The fourth-order valence-corrected chi connectivity index (χ4v) is 7.07. The summed E-state index contributed by atoms with van der Waals surface area (Å²) in [6, 6.07) is 8.02. The number of hydrogen-bond donors (Lipinski definition) is 5. The smallest absolute Gasteiger partial charge is 0.358 e. The molecule has 55 heavy (non-hydrogen) atoms. The highest BCUT2D eigenvalue weighted by Gasteiger charge is 2.47. The van der Waals surface area contributed by atoms with Crippen molar-refractivity contribution in [3.05, 3.63) is 89.4 Å². The van der Waals surface area contributed by atoms with Crippen molar-refractivity contribution < 1.29 is 36.7 Å². The van der Waals surface area contributed by atoms with Crippen LogP contribution in [0.1, 0.15) is 75.8 Å². The monoisotopic (exact) mass is 767 g/mol. The number of nitrogens with one attached hydrogen (secondary N) is 5. The summed E-state index contributed by atoms with van der Waals surface area (Å²) in [7, 11) is 0. The van der Waals surface area contributed by atoms with E-state index in [9.17, 15) is 36.7 Å². The van der Waals surface area contributed by atoms with Crippen LogP contribution in [0.2, 0.25) is 0 Å². The van der Waals surface area contributed by atoms with Crippen molar-refractivity contribution in [1.82, 2.24) is 35.8 Å². The number of aromatic amines is 1. The Morgan fingerprint density at radius 1 is 0.982 bits per heavy atom. The van der Waals surface area contributed by atoms with E-state index in [-0.39, 0.29) is 66.9 Å². The van der Waals surface area contributed by atoms with E-state index in [2.05, 4.69) is 31.2 Å². The molecule has 5 atom stereocenters. The zero-order valence-electron chi connectivity index (χ0n) is 31.5. The molecule has 4 aromatic rings. The van der Waals surface area contributed by atoms with E-state index in [1.807, 2.05) is 20.8 Å². The Labute approximate surface area is 317 Å². The lowest BCUT2D eigenvalue weighted by molar-refractivity contribution is -0.137. The van der Waals surface area contributed by atoms with Gasteiger partial charge in [-0.2, -0.15) is 13.2 Å². The first kappa shape index (κ1) is 41.0. The predicted molar refractivity (Wildman–Crippen MR) is 199 cm³/mol. The van der Waals surface area contributed by atoms with Crippen LogP contribution in [0.5, 0.6) is 0 Å². The third kappa shape index (κ3) is 9.73. The molecule has 1 aliphatic carbocycles. The zero-order valence-corrected chi connectivity index (χ0v) is 31.5. The van der Waals surface area contributed by atoms with Gasteiger partial charge in [0.25, 0.3) is 0 Å². The van der Waals surface area contributed by atoms with Gasteiger partial charge in [0.05, 0.1) is 23.8 Å². The molecule has 2 aromatic carbocycles. The fourth-order valence-electron chi connectivity index (χ4n) is 7.07. The number of H-pyrrole nitrogens is 1. The van der Waals surface area contributed by atoms with Crippen LogP contribution >= 0.6 is 0 Å². The number of rotatable bonds is 16. The number of aromatic nitrogens is 3. The Bertz CT molecular complexity index is 1980. The van der Waals surface area contributed by atoms with E-state index < -0.39 is 58.8 Å². The van der Waals surface area contributed by atoms with Crippen molar-refractivity contribution in [2.24, 2.45) is 11.8 Å². The normalized spacial score (nSPS) is 17.7. The molecule has 4 amide bonds. The van der Waals surface area contributed by atoms with Crippen molar-refractivity contribution in [1.29, 1.82) is 0 Å². The van der Waals surface area contributed by atoms with Gasteiger partial charge in [0.1, 0.15) is 17.4 Å². The number of benzene rings is 2. The molecular weight excluding hydrogens is 718 g/mol. The molecule has 0 fully saturated rings. The number of aryl methyl sites for hydroxylation is 2. The molecule has 2 heterocycles. The van der Waals surface area contributed by atoms with E-state index in [0.717, 1.165) is 6.07 Å². The molecule has 0 saturated heterocycles. The average molecular weight is 768 g/mol. The van der Waals surface area contributed by atoms with Crippen molar-refractivity contribution in [3.63, 3.8) is 0 Å². The van der Waals surface area contributed by atoms with Gasteiger partial charge in [-0.1, -0.05) is 70.9 Å².